The molecule has 1 atom stereocenters. The average molecular weight is 372 g/mol. The molecule has 1 saturated heterocycles. The van der Waals surface area contributed by atoms with Gasteiger partial charge in [0.05, 0.1) is 5.92 Å². The number of carbonyl (C=O) groups excluding carboxylic acids is 2. The zero-order valence-electron chi connectivity index (χ0n) is 15.1. The second-order valence-electron chi connectivity index (χ2n) is 7.24. The average Bonchev–Trinajstić information content (AvgIpc) is 3.06. The number of halogens is 1. The Morgan fingerprint density at radius 1 is 1.37 bits per heavy atom. The van der Waals surface area contributed by atoms with Crippen LogP contribution in [0.3, 0.4) is 0 Å². The first kappa shape index (κ1) is 17.6. The summed E-state index contributed by atoms with van der Waals surface area (Å²) in [5.74, 6) is 0.284. The predicted octanol–water partition coefficient (Wildman–Crippen LogP) is 2.42. The molecule has 1 N–H and O–H groups in total. The van der Waals surface area contributed by atoms with Crippen molar-refractivity contribution < 1.29 is 18.5 Å². The fourth-order valence-electron chi connectivity index (χ4n) is 3.90. The zero-order chi connectivity index (χ0) is 19.0. The molecule has 2 aromatic rings. The summed E-state index contributed by atoms with van der Waals surface area (Å²) >= 11 is 0. The van der Waals surface area contributed by atoms with E-state index in [9.17, 15) is 14.0 Å². The van der Waals surface area contributed by atoms with E-state index in [2.05, 4.69) is 15.5 Å². The SMILES string of the molecule is Cc1noc(CC2CCN(C(=O)[C@H]3CC(=O)Nc4ccc(F)cc43)CC2)n1. The van der Waals surface area contributed by atoms with Gasteiger partial charge in [-0.2, -0.15) is 4.98 Å². The van der Waals surface area contributed by atoms with Crippen LogP contribution in [0.4, 0.5) is 10.1 Å². The van der Waals surface area contributed by atoms with Crippen molar-refractivity contribution in [1.82, 2.24) is 15.0 Å². The van der Waals surface area contributed by atoms with E-state index in [1.807, 2.05) is 0 Å². The van der Waals surface area contributed by atoms with Crippen LogP contribution >= 0.6 is 0 Å². The Morgan fingerprint density at radius 3 is 2.85 bits per heavy atom. The van der Waals surface area contributed by atoms with Crippen LogP contribution in [-0.4, -0.2) is 39.9 Å². The summed E-state index contributed by atoms with van der Waals surface area (Å²) in [6.45, 7) is 3.01. The number of likely N-dealkylation sites (tertiary alicyclic amines) is 1. The Bertz CT molecular complexity index is 874. The van der Waals surface area contributed by atoms with Crippen molar-refractivity contribution in [2.45, 2.75) is 38.5 Å². The number of anilines is 1. The van der Waals surface area contributed by atoms with E-state index >= 15 is 0 Å². The van der Waals surface area contributed by atoms with Gasteiger partial charge < -0.3 is 14.7 Å². The van der Waals surface area contributed by atoms with E-state index < -0.39 is 11.7 Å². The first-order valence-electron chi connectivity index (χ1n) is 9.17. The van der Waals surface area contributed by atoms with Crippen LogP contribution < -0.4 is 5.32 Å². The molecule has 0 spiro atoms. The minimum atomic E-state index is -0.625. The number of nitrogens with zero attached hydrogens (tertiary/aromatic N) is 3. The molecule has 0 saturated carbocycles. The number of amides is 2. The van der Waals surface area contributed by atoms with Crippen LogP contribution in [0.1, 0.15) is 42.5 Å². The summed E-state index contributed by atoms with van der Waals surface area (Å²) in [5, 5.41) is 6.51. The van der Waals surface area contributed by atoms with Gasteiger partial charge in [-0.25, -0.2) is 4.39 Å². The predicted molar refractivity (Wildman–Crippen MR) is 94.4 cm³/mol. The van der Waals surface area contributed by atoms with Gasteiger partial charge in [0.25, 0.3) is 0 Å². The second-order valence-corrected chi connectivity index (χ2v) is 7.24. The third-order valence-corrected chi connectivity index (χ3v) is 5.31. The molecule has 4 rings (SSSR count). The monoisotopic (exact) mass is 372 g/mol. The maximum atomic E-state index is 13.7. The Morgan fingerprint density at radius 2 is 2.15 bits per heavy atom. The lowest BCUT2D eigenvalue weighted by molar-refractivity contribution is -0.136. The number of aromatic nitrogens is 2. The third kappa shape index (κ3) is 3.70. The van der Waals surface area contributed by atoms with E-state index in [1.54, 1.807) is 11.8 Å². The molecule has 1 aromatic heterocycles. The summed E-state index contributed by atoms with van der Waals surface area (Å²) in [6, 6.07) is 4.15. The van der Waals surface area contributed by atoms with Gasteiger partial charge in [0, 0.05) is 31.6 Å². The Labute approximate surface area is 155 Å². The number of hydrogen-bond acceptors (Lipinski definition) is 5. The molecule has 0 unspecified atom stereocenters. The molecule has 2 aliphatic heterocycles. The van der Waals surface area contributed by atoms with Crippen molar-refractivity contribution in [1.29, 1.82) is 0 Å². The van der Waals surface area contributed by atoms with Crippen molar-refractivity contribution in [3.05, 3.63) is 41.3 Å². The Kier molecular flexibility index (Phi) is 4.63. The molecule has 2 amide bonds. The topological polar surface area (TPSA) is 88.3 Å². The maximum absolute atomic E-state index is 13.7. The first-order chi connectivity index (χ1) is 13.0. The molecule has 8 heteroatoms. The molecule has 1 fully saturated rings. The number of aryl methyl sites for hydroxylation is 1. The number of nitrogens with one attached hydrogen (secondary N) is 1. The lowest BCUT2D eigenvalue weighted by atomic mass is 9.87. The van der Waals surface area contributed by atoms with E-state index in [0.717, 1.165) is 12.8 Å². The molecule has 3 heterocycles. The van der Waals surface area contributed by atoms with Crippen LogP contribution in [0.5, 0.6) is 0 Å². The van der Waals surface area contributed by atoms with E-state index in [4.69, 9.17) is 4.52 Å². The van der Waals surface area contributed by atoms with Crippen molar-refractivity contribution in [3.8, 4) is 0 Å². The molecule has 0 aliphatic carbocycles. The van der Waals surface area contributed by atoms with Crippen LogP contribution in [0.25, 0.3) is 0 Å². The quantitative estimate of drug-likeness (QED) is 0.894. The standard InChI is InChI=1S/C19H21FN4O3/c1-11-21-18(27-23-11)8-12-4-6-24(7-5-12)19(26)15-10-17(25)22-16-3-2-13(20)9-14(15)16/h2-3,9,12,15H,4-8,10H2,1H3,(H,22,25)/t15-/m0/s1. The molecule has 1 aromatic carbocycles. The van der Waals surface area contributed by atoms with Crippen molar-refractivity contribution >= 4 is 17.5 Å². The number of hydrogen-bond donors (Lipinski definition) is 1. The maximum Gasteiger partial charge on any atom is 0.230 e. The molecule has 2 aliphatic rings. The van der Waals surface area contributed by atoms with Gasteiger partial charge in [-0.05, 0) is 49.4 Å². The molecule has 7 nitrogen and oxygen atoms in total. The van der Waals surface area contributed by atoms with Crippen molar-refractivity contribution in [2.24, 2.45) is 5.92 Å². The number of rotatable bonds is 3. The van der Waals surface area contributed by atoms with Crippen molar-refractivity contribution in [2.75, 3.05) is 18.4 Å². The van der Waals surface area contributed by atoms with Gasteiger partial charge in [-0.1, -0.05) is 5.16 Å². The van der Waals surface area contributed by atoms with Gasteiger partial charge in [0.2, 0.25) is 17.7 Å². The van der Waals surface area contributed by atoms with Crippen LogP contribution in [0.15, 0.2) is 22.7 Å². The molecular weight excluding hydrogens is 351 g/mol. The smallest absolute Gasteiger partial charge is 0.230 e. The lowest BCUT2D eigenvalue weighted by Gasteiger charge is -2.35. The van der Waals surface area contributed by atoms with E-state index in [-0.39, 0.29) is 18.2 Å². The largest absolute Gasteiger partial charge is 0.342 e. The highest BCUT2D eigenvalue weighted by molar-refractivity contribution is 6.01. The first-order valence-corrected chi connectivity index (χ1v) is 9.17. The fraction of sp³-hybridized carbons (Fsp3) is 0.474. The third-order valence-electron chi connectivity index (χ3n) is 5.31. The zero-order valence-corrected chi connectivity index (χ0v) is 15.1. The van der Waals surface area contributed by atoms with Crippen LogP contribution in [0, 0.1) is 18.7 Å². The molecular formula is C19H21FN4O3. The number of piperidine rings is 1. The normalized spacial score (nSPS) is 20.3. The summed E-state index contributed by atoms with van der Waals surface area (Å²) in [5.41, 5.74) is 1.08. The highest BCUT2D eigenvalue weighted by Crippen LogP contribution is 2.35. The van der Waals surface area contributed by atoms with Crippen molar-refractivity contribution in [3.63, 3.8) is 0 Å². The van der Waals surface area contributed by atoms with Gasteiger partial charge in [-0.15, -0.1) is 0 Å². The van der Waals surface area contributed by atoms with E-state index in [1.165, 1.54) is 18.2 Å². The van der Waals surface area contributed by atoms with E-state index in [0.29, 0.717) is 48.4 Å². The minimum Gasteiger partial charge on any atom is -0.342 e. The second kappa shape index (κ2) is 7.09. The molecule has 142 valence electrons. The van der Waals surface area contributed by atoms with Gasteiger partial charge in [-0.3, -0.25) is 9.59 Å². The van der Waals surface area contributed by atoms with Crippen LogP contribution in [0.2, 0.25) is 0 Å². The lowest BCUT2D eigenvalue weighted by Crippen LogP contribution is -2.43. The highest BCUT2D eigenvalue weighted by Gasteiger charge is 2.35. The number of fused-ring (bicyclic) bond motifs is 1. The summed E-state index contributed by atoms with van der Waals surface area (Å²) in [6.07, 6.45) is 2.43. The van der Waals surface area contributed by atoms with Gasteiger partial charge >= 0.3 is 0 Å². The summed E-state index contributed by atoms with van der Waals surface area (Å²) in [7, 11) is 0. The molecule has 0 bridgehead atoms. The fourth-order valence-corrected chi connectivity index (χ4v) is 3.90. The van der Waals surface area contributed by atoms with Crippen LogP contribution in [-0.2, 0) is 16.0 Å². The van der Waals surface area contributed by atoms with Gasteiger partial charge in [0.1, 0.15) is 5.82 Å². The summed E-state index contributed by atoms with van der Waals surface area (Å²) in [4.78, 5) is 31.0. The minimum absolute atomic E-state index is 0.0521. The highest BCUT2D eigenvalue weighted by atomic mass is 19.1. The molecule has 0 radical (unpaired) electrons. The Hall–Kier alpha value is -2.77. The number of carbonyl (C=O) groups is 2. The molecule has 27 heavy (non-hydrogen) atoms. The summed E-state index contributed by atoms with van der Waals surface area (Å²) < 4.78 is 18.9. The Balaban J connectivity index is 1.42. The number of benzene rings is 1. The van der Waals surface area contributed by atoms with Gasteiger partial charge in [0.15, 0.2) is 5.82 Å².